The number of amides is 2. The summed E-state index contributed by atoms with van der Waals surface area (Å²) in [6.07, 6.45) is 2.88. The molecule has 1 saturated carbocycles. The van der Waals surface area contributed by atoms with Crippen LogP contribution in [-0.2, 0) is 16.1 Å². The predicted octanol–water partition coefficient (Wildman–Crippen LogP) is 6.29. The quantitative estimate of drug-likeness (QED) is 0.351. The van der Waals surface area contributed by atoms with Crippen molar-refractivity contribution >= 4 is 69.8 Å². The number of ether oxygens (including phenoxy) is 1. The molecule has 204 valence electrons. The molecule has 0 bridgehead atoms. The number of nitrogens with zero attached hydrogens (tertiary/aromatic N) is 2. The second kappa shape index (κ2) is 10.6. The first-order valence-corrected chi connectivity index (χ1v) is 13.8. The van der Waals surface area contributed by atoms with Gasteiger partial charge in [0.25, 0.3) is 0 Å². The number of likely N-dealkylation sites (tertiary alicyclic amines) is 1. The van der Waals surface area contributed by atoms with Crippen molar-refractivity contribution in [2.45, 2.75) is 46.8 Å². The molecule has 10 heteroatoms. The molecule has 4 atom stereocenters. The smallest absolute Gasteiger partial charge is 0.234 e. The van der Waals surface area contributed by atoms with Gasteiger partial charge in [-0.15, -0.1) is 36.2 Å². The molecular weight excluding hydrogens is 565 g/mol. The van der Waals surface area contributed by atoms with E-state index in [4.69, 9.17) is 16.3 Å². The van der Waals surface area contributed by atoms with Gasteiger partial charge in [-0.25, -0.2) is 0 Å². The lowest BCUT2D eigenvalue weighted by Gasteiger charge is -2.31. The fraction of sp³-hybridized carbons (Fsp3) is 0.464. The van der Waals surface area contributed by atoms with Crippen LogP contribution in [0, 0.1) is 30.1 Å². The largest absolute Gasteiger partial charge is 0.489 e. The molecule has 3 aliphatic rings. The summed E-state index contributed by atoms with van der Waals surface area (Å²) in [5.41, 5.74) is 3.59. The maximum atomic E-state index is 12.9. The number of hydrogen-bond donors (Lipinski definition) is 1. The molecule has 3 aromatic rings. The fourth-order valence-electron chi connectivity index (χ4n) is 6.00. The van der Waals surface area contributed by atoms with Crippen LogP contribution in [0.5, 0.6) is 5.75 Å². The number of hydrogen-bond acceptors (Lipinski definition) is 6. The number of benzene rings is 1. The first-order chi connectivity index (χ1) is 17.2. The van der Waals surface area contributed by atoms with E-state index in [2.05, 4.69) is 17.2 Å². The summed E-state index contributed by atoms with van der Waals surface area (Å²) >= 11 is 8.10. The zero-order valence-corrected chi connectivity index (χ0v) is 25.0. The van der Waals surface area contributed by atoms with Crippen LogP contribution in [0.1, 0.15) is 37.6 Å². The molecule has 3 fully saturated rings. The molecule has 2 saturated heterocycles. The van der Waals surface area contributed by atoms with E-state index in [9.17, 15) is 9.59 Å². The van der Waals surface area contributed by atoms with Gasteiger partial charge in [-0.1, -0.05) is 32.4 Å². The van der Waals surface area contributed by atoms with Gasteiger partial charge in [0.05, 0.1) is 28.6 Å². The van der Waals surface area contributed by atoms with Crippen molar-refractivity contribution in [2.75, 3.05) is 13.1 Å². The lowest BCUT2D eigenvalue weighted by atomic mass is 9.97. The highest BCUT2D eigenvalue weighted by atomic mass is 35.5. The number of nitrogens with one attached hydrogen (secondary N) is 1. The average molecular weight is 597 g/mol. The van der Waals surface area contributed by atoms with Gasteiger partial charge in [-0.05, 0) is 55.1 Å². The van der Waals surface area contributed by atoms with Crippen molar-refractivity contribution < 1.29 is 14.3 Å². The van der Waals surface area contributed by atoms with Gasteiger partial charge >= 0.3 is 0 Å². The van der Waals surface area contributed by atoms with E-state index in [-0.39, 0.29) is 60.0 Å². The maximum absolute atomic E-state index is 12.9. The summed E-state index contributed by atoms with van der Waals surface area (Å²) in [6.45, 7) is 10.4. The Morgan fingerprint density at radius 3 is 2.55 bits per heavy atom. The Labute approximate surface area is 244 Å². The van der Waals surface area contributed by atoms with Gasteiger partial charge in [0, 0.05) is 39.7 Å². The first kappa shape index (κ1) is 29.1. The zero-order chi connectivity index (χ0) is 25.4. The minimum absolute atomic E-state index is 0. The van der Waals surface area contributed by atoms with Crippen LogP contribution in [0.4, 0.5) is 0 Å². The molecule has 6 nitrogen and oxygen atoms in total. The van der Waals surface area contributed by atoms with E-state index in [0.29, 0.717) is 17.5 Å². The number of carbonyl (C=O) groups is 2. The van der Waals surface area contributed by atoms with Gasteiger partial charge in [0.2, 0.25) is 11.8 Å². The first-order valence-electron chi connectivity index (χ1n) is 12.6. The van der Waals surface area contributed by atoms with Gasteiger partial charge in [-0.3, -0.25) is 19.5 Å². The second-order valence-electron chi connectivity index (χ2n) is 11.1. The molecule has 38 heavy (non-hydrogen) atoms. The number of fused-ring (bicyclic) bond motifs is 2. The number of imide groups is 1. The topological polar surface area (TPSA) is 71.5 Å². The van der Waals surface area contributed by atoms with Crippen molar-refractivity contribution in [3.05, 3.63) is 45.9 Å². The lowest BCUT2D eigenvalue weighted by Crippen LogP contribution is -2.41. The minimum atomic E-state index is -0.202. The number of halogens is 3. The monoisotopic (exact) mass is 595 g/mol. The Hall–Kier alpha value is -1.90. The summed E-state index contributed by atoms with van der Waals surface area (Å²) < 4.78 is 7.66. The van der Waals surface area contributed by atoms with Crippen molar-refractivity contribution in [1.82, 2.24) is 15.2 Å². The fourth-order valence-corrected chi connectivity index (χ4v) is 7.40. The molecular formula is C28H32Cl3N3O3S. The Morgan fingerprint density at radius 2 is 1.87 bits per heavy atom. The summed E-state index contributed by atoms with van der Waals surface area (Å²) in [6, 6.07) is 7.90. The van der Waals surface area contributed by atoms with E-state index in [0.717, 1.165) is 57.0 Å². The summed E-state index contributed by atoms with van der Waals surface area (Å²) in [5, 5.41) is 4.09. The highest BCUT2D eigenvalue weighted by molar-refractivity contribution is 7.19. The van der Waals surface area contributed by atoms with Gasteiger partial charge in [0.1, 0.15) is 11.9 Å². The number of carbonyl (C=O) groups excluding carboxylic acids is 2. The molecule has 1 N–H and O–H groups in total. The molecule has 6 rings (SSSR count). The van der Waals surface area contributed by atoms with E-state index < -0.39 is 0 Å². The predicted molar refractivity (Wildman–Crippen MR) is 157 cm³/mol. The van der Waals surface area contributed by atoms with E-state index in [1.54, 1.807) is 17.5 Å². The maximum Gasteiger partial charge on any atom is 0.234 e. The Kier molecular flexibility index (Phi) is 8.10. The Bertz CT molecular complexity index is 1380. The molecule has 1 aromatic carbocycles. The van der Waals surface area contributed by atoms with Crippen molar-refractivity contribution in [3.8, 4) is 16.9 Å². The van der Waals surface area contributed by atoms with Crippen LogP contribution in [0.25, 0.3) is 21.3 Å². The molecule has 2 aliphatic heterocycles. The highest BCUT2D eigenvalue weighted by Crippen LogP contribution is 2.63. The molecule has 2 unspecified atom stereocenters. The number of thiophene rings is 1. The number of piperidine rings is 2. The third kappa shape index (κ3) is 4.71. The van der Waals surface area contributed by atoms with Crippen LogP contribution >= 0.6 is 47.8 Å². The van der Waals surface area contributed by atoms with Gasteiger partial charge in [-0.2, -0.15) is 0 Å². The molecule has 1 aliphatic carbocycles. The van der Waals surface area contributed by atoms with E-state index in [1.165, 1.54) is 4.90 Å². The average Bonchev–Trinajstić information content (AvgIpc) is 3.08. The Balaban J connectivity index is 0.00000168. The number of pyridine rings is 1. The lowest BCUT2D eigenvalue weighted by molar-refractivity contribution is -0.143. The van der Waals surface area contributed by atoms with E-state index in [1.807, 2.05) is 45.0 Å². The molecule has 2 aromatic heterocycles. The van der Waals surface area contributed by atoms with Crippen molar-refractivity contribution in [2.24, 2.45) is 23.2 Å². The van der Waals surface area contributed by atoms with Gasteiger partial charge in [0.15, 0.2) is 0 Å². The highest BCUT2D eigenvalue weighted by Gasteiger charge is 2.72. The van der Waals surface area contributed by atoms with Crippen LogP contribution in [0.3, 0.4) is 0 Å². The summed E-state index contributed by atoms with van der Waals surface area (Å²) in [5.74, 6) is 0.835. The van der Waals surface area contributed by atoms with Crippen LogP contribution < -0.4 is 10.1 Å². The SMILES string of the molecule is Cc1cc(Cl)cc(-c2ccnc3cc(CN4C(=O)C5C(C4=O)C5(C)C)sc23)c1O[C@@H]1CCNC[C@@H]1C.Cl.Cl. The van der Waals surface area contributed by atoms with Crippen LogP contribution in [0.2, 0.25) is 5.02 Å². The number of rotatable bonds is 5. The Morgan fingerprint density at radius 1 is 1.16 bits per heavy atom. The molecule has 2 amide bonds. The van der Waals surface area contributed by atoms with Crippen molar-refractivity contribution in [1.29, 1.82) is 0 Å². The third-order valence-electron chi connectivity index (χ3n) is 8.17. The van der Waals surface area contributed by atoms with Crippen LogP contribution in [-0.4, -0.2) is 40.9 Å². The molecule has 4 heterocycles. The van der Waals surface area contributed by atoms with Gasteiger partial charge < -0.3 is 10.1 Å². The van der Waals surface area contributed by atoms with E-state index >= 15 is 0 Å². The molecule has 0 spiro atoms. The second-order valence-corrected chi connectivity index (χ2v) is 12.6. The molecule has 0 radical (unpaired) electrons. The zero-order valence-electron chi connectivity index (χ0n) is 21.7. The summed E-state index contributed by atoms with van der Waals surface area (Å²) in [7, 11) is 0. The van der Waals surface area contributed by atoms with Crippen molar-refractivity contribution in [3.63, 3.8) is 0 Å². The van der Waals surface area contributed by atoms with Crippen LogP contribution in [0.15, 0.2) is 30.5 Å². The third-order valence-corrected chi connectivity index (χ3v) is 9.53. The standard InChI is InChI=1S/C28H30ClN3O3S.2ClH/c1-14-9-16(29)10-19(24(14)35-21-6-7-30-12-15(21)2)18-5-8-31-20-11-17(36-25(18)20)13-32-26(33)22-23(27(32)34)28(22,3)4;;/h5,8-11,15,21-23,30H,6-7,12-13H2,1-4H3;2*1H/t15-,21+,22?,23?;;/m0../s1. The minimum Gasteiger partial charge on any atom is -0.489 e. The normalized spacial score (nSPS) is 25.6. The number of aryl methyl sites for hydroxylation is 1. The summed E-state index contributed by atoms with van der Waals surface area (Å²) in [4.78, 5) is 32.7. The number of aromatic nitrogens is 1.